The standard InChI is InChI=1S/C19H16N4O2/c24-16-5-1-3-14-15(8-10-21-19(14)16)23-22-11-12-6-7-17(25)18-13(12)4-2-9-20-18/h1-10,22,24-25H,11H2,(H,21,23). The number of nitrogens with one attached hydrogen (secondary N) is 2. The number of hydrogen-bond acceptors (Lipinski definition) is 6. The Kier molecular flexibility index (Phi) is 3.80. The molecule has 4 aromatic rings. The first kappa shape index (κ1) is 15.2. The second-order valence-corrected chi connectivity index (χ2v) is 5.65. The Hall–Kier alpha value is -3.38. The van der Waals surface area contributed by atoms with Crippen molar-refractivity contribution in [2.75, 3.05) is 5.43 Å². The zero-order valence-corrected chi connectivity index (χ0v) is 13.3. The molecule has 0 fully saturated rings. The van der Waals surface area contributed by atoms with Crippen LogP contribution in [0.3, 0.4) is 0 Å². The number of phenols is 2. The number of para-hydroxylation sites is 1. The van der Waals surface area contributed by atoms with Crippen molar-refractivity contribution in [3.63, 3.8) is 0 Å². The summed E-state index contributed by atoms with van der Waals surface area (Å²) in [6.45, 7) is 0.533. The molecule has 0 aliphatic rings. The Balaban J connectivity index is 1.58. The highest BCUT2D eigenvalue weighted by Gasteiger charge is 2.07. The van der Waals surface area contributed by atoms with Gasteiger partial charge in [0.15, 0.2) is 0 Å². The van der Waals surface area contributed by atoms with Crippen LogP contribution in [-0.4, -0.2) is 20.2 Å². The number of hydrogen-bond donors (Lipinski definition) is 4. The molecule has 0 unspecified atom stereocenters. The van der Waals surface area contributed by atoms with Gasteiger partial charge >= 0.3 is 0 Å². The molecular weight excluding hydrogens is 316 g/mol. The van der Waals surface area contributed by atoms with Gasteiger partial charge < -0.3 is 15.6 Å². The average molecular weight is 332 g/mol. The van der Waals surface area contributed by atoms with Crippen molar-refractivity contribution < 1.29 is 10.2 Å². The molecule has 0 atom stereocenters. The summed E-state index contributed by atoms with van der Waals surface area (Å²) in [4.78, 5) is 8.43. The summed E-state index contributed by atoms with van der Waals surface area (Å²) in [6.07, 6.45) is 3.30. The number of benzene rings is 2. The minimum Gasteiger partial charge on any atom is -0.506 e. The Labute approximate surface area is 143 Å². The molecule has 0 radical (unpaired) electrons. The van der Waals surface area contributed by atoms with Crippen LogP contribution in [0.5, 0.6) is 11.5 Å². The first-order valence-electron chi connectivity index (χ1n) is 7.85. The zero-order chi connectivity index (χ0) is 17.2. The summed E-state index contributed by atoms with van der Waals surface area (Å²) < 4.78 is 0. The topological polar surface area (TPSA) is 90.3 Å². The Morgan fingerprint density at radius 1 is 0.760 bits per heavy atom. The van der Waals surface area contributed by atoms with Gasteiger partial charge in [-0.2, -0.15) is 0 Å². The second kappa shape index (κ2) is 6.26. The van der Waals surface area contributed by atoms with Crippen LogP contribution in [0, 0.1) is 0 Å². The first-order valence-corrected chi connectivity index (χ1v) is 7.85. The van der Waals surface area contributed by atoms with E-state index >= 15 is 0 Å². The fourth-order valence-electron chi connectivity index (χ4n) is 2.88. The van der Waals surface area contributed by atoms with E-state index < -0.39 is 0 Å². The summed E-state index contributed by atoms with van der Waals surface area (Å²) in [7, 11) is 0. The van der Waals surface area contributed by atoms with Crippen molar-refractivity contribution in [1.29, 1.82) is 0 Å². The van der Waals surface area contributed by atoms with Gasteiger partial charge in [-0.25, -0.2) is 5.43 Å². The summed E-state index contributed by atoms with van der Waals surface area (Å²) in [5.41, 5.74) is 9.30. The third-order valence-electron chi connectivity index (χ3n) is 4.09. The Morgan fingerprint density at radius 2 is 1.52 bits per heavy atom. The highest BCUT2D eigenvalue weighted by atomic mass is 16.3. The van der Waals surface area contributed by atoms with Crippen LogP contribution >= 0.6 is 0 Å². The van der Waals surface area contributed by atoms with Crippen LogP contribution in [0.4, 0.5) is 5.69 Å². The number of fused-ring (bicyclic) bond motifs is 2. The number of nitrogens with zero attached hydrogens (tertiary/aromatic N) is 2. The van der Waals surface area contributed by atoms with E-state index in [-0.39, 0.29) is 11.5 Å². The van der Waals surface area contributed by atoms with Crippen LogP contribution in [0.15, 0.2) is 60.9 Å². The zero-order valence-electron chi connectivity index (χ0n) is 13.3. The largest absolute Gasteiger partial charge is 0.506 e. The number of phenolic OH excluding ortho intramolecular Hbond substituents is 2. The van der Waals surface area contributed by atoms with Crippen molar-refractivity contribution >= 4 is 27.5 Å². The van der Waals surface area contributed by atoms with Gasteiger partial charge in [0.2, 0.25) is 0 Å². The SMILES string of the molecule is Oc1ccc(CNNc2ccnc3c(O)cccc23)c2cccnc12. The molecule has 2 aromatic heterocycles. The molecule has 2 aromatic carbocycles. The van der Waals surface area contributed by atoms with E-state index in [0.29, 0.717) is 17.6 Å². The maximum atomic E-state index is 9.91. The summed E-state index contributed by atoms with van der Waals surface area (Å²) in [5, 5.41) is 21.5. The van der Waals surface area contributed by atoms with Crippen LogP contribution in [0.2, 0.25) is 0 Å². The monoisotopic (exact) mass is 332 g/mol. The van der Waals surface area contributed by atoms with E-state index in [1.165, 1.54) is 0 Å². The van der Waals surface area contributed by atoms with Crippen LogP contribution in [-0.2, 0) is 6.54 Å². The highest BCUT2D eigenvalue weighted by Crippen LogP contribution is 2.28. The van der Waals surface area contributed by atoms with Crippen molar-refractivity contribution in [1.82, 2.24) is 15.4 Å². The van der Waals surface area contributed by atoms with E-state index in [1.54, 1.807) is 30.6 Å². The van der Waals surface area contributed by atoms with Crippen LogP contribution in [0.25, 0.3) is 21.8 Å². The average Bonchev–Trinajstić information content (AvgIpc) is 2.64. The summed E-state index contributed by atoms with van der Waals surface area (Å²) in [5.74, 6) is 0.319. The fourth-order valence-corrected chi connectivity index (χ4v) is 2.88. The lowest BCUT2D eigenvalue weighted by Gasteiger charge is -2.13. The number of pyridine rings is 2. The lowest BCUT2D eigenvalue weighted by molar-refractivity contribution is 0.480. The first-order chi connectivity index (χ1) is 12.2. The maximum absolute atomic E-state index is 9.91. The summed E-state index contributed by atoms with van der Waals surface area (Å²) in [6, 6.07) is 14.4. The van der Waals surface area contributed by atoms with Gasteiger partial charge in [0.05, 0.1) is 5.69 Å². The molecule has 4 N–H and O–H groups in total. The van der Waals surface area contributed by atoms with Crippen LogP contribution < -0.4 is 10.9 Å². The lowest BCUT2D eigenvalue weighted by Crippen LogP contribution is -2.21. The molecule has 4 rings (SSSR count). The van der Waals surface area contributed by atoms with Gasteiger partial charge in [-0.3, -0.25) is 9.97 Å². The molecule has 0 aliphatic carbocycles. The Bertz CT molecular complexity index is 1030. The minimum atomic E-state index is 0.150. The molecule has 0 aliphatic heterocycles. The quantitative estimate of drug-likeness (QED) is 0.429. The van der Waals surface area contributed by atoms with Crippen molar-refractivity contribution in [2.24, 2.45) is 0 Å². The molecule has 0 spiro atoms. The predicted octanol–water partition coefficient (Wildman–Crippen LogP) is 3.31. The molecule has 0 amide bonds. The van der Waals surface area contributed by atoms with Crippen molar-refractivity contribution in [3.8, 4) is 11.5 Å². The number of rotatable bonds is 4. The minimum absolute atomic E-state index is 0.150. The second-order valence-electron chi connectivity index (χ2n) is 5.65. The highest BCUT2D eigenvalue weighted by molar-refractivity contribution is 5.94. The molecule has 0 saturated carbocycles. The van der Waals surface area contributed by atoms with Gasteiger partial charge in [-0.05, 0) is 29.8 Å². The van der Waals surface area contributed by atoms with Gasteiger partial charge in [-0.15, -0.1) is 0 Å². The van der Waals surface area contributed by atoms with E-state index in [9.17, 15) is 10.2 Å². The van der Waals surface area contributed by atoms with Crippen molar-refractivity contribution in [3.05, 3.63) is 66.5 Å². The van der Waals surface area contributed by atoms with Gasteiger partial charge in [0.1, 0.15) is 22.5 Å². The molecule has 0 bridgehead atoms. The van der Waals surface area contributed by atoms with Gasteiger partial charge in [0, 0.05) is 29.7 Å². The van der Waals surface area contributed by atoms with E-state index in [4.69, 9.17) is 0 Å². The van der Waals surface area contributed by atoms with Crippen LogP contribution in [0.1, 0.15) is 5.56 Å². The van der Waals surface area contributed by atoms with Gasteiger partial charge in [-0.1, -0.05) is 24.3 Å². The number of aromatic nitrogens is 2. The number of anilines is 1. The molecular formula is C19H16N4O2. The summed E-state index contributed by atoms with van der Waals surface area (Å²) >= 11 is 0. The Morgan fingerprint density at radius 3 is 2.44 bits per heavy atom. The molecule has 0 saturated heterocycles. The molecule has 25 heavy (non-hydrogen) atoms. The number of aromatic hydroxyl groups is 2. The molecule has 6 nitrogen and oxygen atoms in total. The normalized spacial score (nSPS) is 11.0. The smallest absolute Gasteiger partial charge is 0.141 e. The molecule has 124 valence electrons. The predicted molar refractivity (Wildman–Crippen MR) is 97.3 cm³/mol. The molecule has 2 heterocycles. The maximum Gasteiger partial charge on any atom is 0.141 e. The third kappa shape index (κ3) is 2.79. The van der Waals surface area contributed by atoms with E-state index in [2.05, 4.69) is 20.8 Å². The number of hydrazine groups is 1. The fraction of sp³-hybridized carbons (Fsp3) is 0.0526. The lowest BCUT2D eigenvalue weighted by atomic mass is 10.1. The third-order valence-corrected chi connectivity index (χ3v) is 4.09. The molecule has 6 heteroatoms. The van der Waals surface area contributed by atoms with Crippen molar-refractivity contribution in [2.45, 2.75) is 6.54 Å². The van der Waals surface area contributed by atoms with E-state index in [0.717, 1.165) is 22.0 Å². The van der Waals surface area contributed by atoms with E-state index in [1.807, 2.05) is 30.3 Å². The van der Waals surface area contributed by atoms with Gasteiger partial charge in [0.25, 0.3) is 0 Å².